The van der Waals surface area contributed by atoms with Gasteiger partial charge in [0.15, 0.2) is 0 Å². The first kappa shape index (κ1) is 27.0. The van der Waals surface area contributed by atoms with Crippen LogP contribution in [-0.2, 0) is 66.2 Å². The summed E-state index contributed by atoms with van der Waals surface area (Å²) in [7, 11) is 0. The Morgan fingerprint density at radius 1 is 0.613 bits per heavy atom. The first-order chi connectivity index (χ1) is 14.5. The minimum atomic E-state index is 0. The molecule has 0 saturated carbocycles. The van der Waals surface area contributed by atoms with E-state index in [9.17, 15) is 0 Å². The normalized spacial score (nSPS) is 18.4. The first-order valence-corrected chi connectivity index (χ1v) is 12.6. The monoisotopic (exact) mass is 536 g/mol. The molecule has 2 fully saturated rings. The Bertz CT molecular complexity index is 733. The van der Waals surface area contributed by atoms with Crippen LogP contribution in [0.5, 0.6) is 0 Å². The minimum Gasteiger partial charge on any atom is -0.184 e. The molecule has 0 spiro atoms. The SMILES string of the molecule is [Ni+2].[SH+]=C([SH2+])N1CCC(c2ccccc2)CC1.[SH+]=C([SH2+])N1CCC(c2ccccc2)CC1. The molecule has 0 bridgehead atoms. The number of rotatable bonds is 2. The molecule has 0 unspecified atom stereocenters. The van der Waals surface area contributed by atoms with Gasteiger partial charge in [-0.1, -0.05) is 60.7 Å². The fourth-order valence-corrected chi connectivity index (χ4v) is 5.15. The molecule has 31 heavy (non-hydrogen) atoms. The van der Waals surface area contributed by atoms with Crippen LogP contribution in [0.3, 0.4) is 0 Å². The molecule has 0 N–H and O–H groups in total. The Kier molecular flexibility index (Phi) is 12.3. The third kappa shape index (κ3) is 8.54. The number of benzene rings is 2. The average molecular weight is 538 g/mol. The second-order valence-electron chi connectivity index (χ2n) is 7.99. The van der Waals surface area contributed by atoms with E-state index in [0.29, 0.717) is 0 Å². The van der Waals surface area contributed by atoms with Crippen molar-refractivity contribution in [3.63, 3.8) is 0 Å². The van der Waals surface area contributed by atoms with E-state index < -0.39 is 0 Å². The molecule has 2 aliphatic rings. The summed E-state index contributed by atoms with van der Waals surface area (Å²) < 4.78 is 1.92. The Balaban J connectivity index is 0.000000213. The van der Waals surface area contributed by atoms with Crippen molar-refractivity contribution in [2.45, 2.75) is 37.5 Å². The largest absolute Gasteiger partial charge is 2.00 e. The van der Waals surface area contributed by atoms with Gasteiger partial charge in [0.1, 0.15) is 0 Å². The van der Waals surface area contributed by atoms with Crippen molar-refractivity contribution in [2.24, 2.45) is 0 Å². The standard InChI is InChI=1S/2C12H15NS2.Ni/c2*14-12(15)13-8-6-11(7-9-13)10-4-2-1-3-5-10;/h2*1-5,11H,6-9H2,(H,14,15);/q;;+2/p+4. The summed E-state index contributed by atoms with van der Waals surface area (Å²) in [5.74, 6) is 1.45. The van der Waals surface area contributed by atoms with Crippen LogP contribution in [0.4, 0.5) is 0 Å². The molecule has 168 valence electrons. The molecule has 2 aromatic rings. The molecule has 4 rings (SSSR count). The molecule has 0 atom stereocenters. The van der Waals surface area contributed by atoms with Crippen molar-refractivity contribution in [2.75, 3.05) is 26.2 Å². The van der Waals surface area contributed by atoms with Crippen LogP contribution in [0.2, 0.25) is 0 Å². The maximum absolute atomic E-state index is 4.31. The molecule has 2 saturated heterocycles. The van der Waals surface area contributed by atoms with Crippen LogP contribution in [0, 0.1) is 0 Å². The van der Waals surface area contributed by atoms with Gasteiger partial charge >= 0.3 is 25.1 Å². The second-order valence-corrected chi connectivity index (χ2v) is 10.6. The van der Waals surface area contributed by atoms with E-state index in [4.69, 9.17) is 0 Å². The molecule has 0 radical (unpaired) electrons. The third-order valence-electron chi connectivity index (χ3n) is 6.13. The van der Waals surface area contributed by atoms with Crippen LogP contribution in [0.25, 0.3) is 0 Å². The zero-order chi connectivity index (χ0) is 21.3. The predicted molar refractivity (Wildman–Crippen MR) is 148 cm³/mol. The summed E-state index contributed by atoms with van der Waals surface area (Å²) in [5, 5.41) is 0. The molecule has 0 aliphatic carbocycles. The van der Waals surface area contributed by atoms with Gasteiger partial charge in [-0.3, -0.25) is 0 Å². The van der Waals surface area contributed by atoms with Crippen LogP contribution < -0.4 is 0 Å². The summed E-state index contributed by atoms with van der Waals surface area (Å²) >= 11 is 15.6. The van der Waals surface area contributed by atoms with Gasteiger partial charge in [0.25, 0.3) is 0 Å². The van der Waals surface area contributed by atoms with Crippen LogP contribution in [-0.4, -0.2) is 44.6 Å². The van der Waals surface area contributed by atoms with E-state index >= 15 is 0 Å². The number of thiol groups is 2. The molecule has 2 nitrogen and oxygen atoms in total. The Labute approximate surface area is 218 Å². The van der Waals surface area contributed by atoms with Crippen LogP contribution in [0.15, 0.2) is 60.7 Å². The van der Waals surface area contributed by atoms with Gasteiger partial charge in [-0.15, -0.1) is 0 Å². The van der Waals surface area contributed by atoms with Crippen LogP contribution >= 0.6 is 0 Å². The quantitative estimate of drug-likeness (QED) is 0.252. The van der Waals surface area contributed by atoms with Gasteiger partial charge in [0, 0.05) is 26.2 Å². The average Bonchev–Trinajstić information content (AvgIpc) is 2.81. The zero-order valence-electron chi connectivity index (χ0n) is 17.7. The molecule has 2 heterocycles. The molecule has 2 aromatic carbocycles. The maximum atomic E-state index is 4.31. The molecular formula is C24H34N2NiS4+6. The molecule has 0 aromatic heterocycles. The summed E-state index contributed by atoms with van der Waals surface area (Å²) in [5.41, 5.74) is 2.96. The number of piperidine rings is 2. The van der Waals surface area contributed by atoms with Gasteiger partial charge in [0.2, 0.25) is 24.4 Å². The van der Waals surface area contributed by atoms with E-state index in [-0.39, 0.29) is 16.5 Å². The van der Waals surface area contributed by atoms with Gasteiger partial charge < -0.3 is 0 Å². The van der Waals surface area contributed by atoms with E-state index in [1.54, 1.807) is 0 Å². The predicted octanol–water partition coefficient (Wildman–Crippen LogP) is 2.49. The summed E-state index contributed by atoms with van der Waals surface area (Å²) in [6, 6.07) is 21.6. The zero-order valence-corrected chi connectivity index (χ0v) is 22.5. The summed E-state index contributed by atoms with van der Waals surface area (Å²) in [6.45, 7) is 4.40. The number of likely N-dealkylation sites (tertiary alicyclic amines) is 2. The molecular weight excluding hydrogens is 503 g/mol. The van der Waals surface area contributed by atoms with Crippen molar-refractivity contribution in [1.29, 1.82) is 0 Å². The summed E-state index contributed by atoms with van der Waals surface area (Å²) in [6.07, 6.45) is 4.88. The fraction of sp³-hybridized carbons (Fsp3) is 0.417. The number of nitrogens with zero attached hydrogens (tertiary/aromatic N) is 2. The van der Waals surface area contributed by atoms with E-state index in [0.717, 1.165) is 46.7 Å². The van der Waals surface area contributed by atoms with E-state index in [1.807, 2.05) is 0 Å². The van der Waals surface area contributed by atoms with Gasteiger partial charge in [0.05, 0.1) is 25.3 Å². The fourth-order valence-electron chi connectivity index (χ4n) is 4.30. The topological polar surface area (TPSA) is 6.48 Å². The van der Waals surface area contributed by atoms with E-state index in [1.165, 1.54) is 36.8 Å². The van der Waals surface area contributed by atoms with Gasteiger partial charge in [-0.2, -0.15) is 9.80 Å². The first-order valence-electron chi connectivity index (χ1n) is 10.7. The van der Waals surface area contributed by atoms with Crippen molar-refractivity contribution in [3.8, 4) is 0 Å². The van der Waals surface area contributed by atoms with Crippen molar-refractivity contribution in [1.82, 2.24) is 9.80 Å². The van der Waals surface area contributed by atoms with Crippen molar-refractivity contribution in [3.05, 3.63) is 71.8 Å². The van der Waals surface area contributed by atoms with Crippen LogP contribution in [0.1, 0.15) is 48.6 Å². The maximum Gasteiger partial charge on any atom is 2.00 e. The van der Waals surface area contributed by atoms with Gasteiger partial charge in [-0.05, 0) is 48.6 Å². The molecule has 2 aliphatic heterocycles. The van der Waals surface area contributed by atoms with Gasteiger partial charge in [-0.25, -0.2) is 0 Å². The Hall–Kier alpha value is -0.266. The van der Waals surface area contributed by atoms with Crippen molar-refractivity contribution < 1.29 is 16.5 Å². The molecule has 7 heteroatoms. The summed E-state index contributed by atoms with van der Waals surface area (Å²) in [4.78, 5) is 4.55. The Morgan fingerprint density at radius 3 is 1.16 bits per heavy atom. The second kappa shape index (κ2) is 14.1. The van der Waals surface area contributed by atoms with E-state index in [2.05, 4.69) is 120 Å². The number of hydrogen-bond donors (Lipinski definition) is 0. The minimum absolute atomic E-state index is 0. The third-order valence-corrected chi connectivity index (χ3v) is 7.33. The Morgan fingerprint density at radius 2 is 0.903 bits per heavy atom. The van der Waals surface area contributed by atoms with Crippen molar-refractivity contribution >= 4 is 58.3 Å². The number of hydrogen-bond acceptors (Lipinski definition) is 0. The molecule has 0 amide bonds. The smallest absolute Gasteiger partial charge is 0.184 e.